The average molecular weight is 364 g/mol. The van der Waals surface area contributed by atoms with E-state index in [1.54, 1.807) is 6.92 Å². The zero-order valence-electron chi connectivity index (χ0n) is 15.8. The summed E-state index contributed by atoms with van der Waals surface area (Å²) in [4.78, 5) is 37.1. The van der Waals surface area contributed by atoms with E-state index in [0.29, 0.717) is 6.42 Å². The number of carbonyl (C=O) groups excluding carboxylic acids is 3. The molecule has 3 rings (SSSR count). The Bertz CT molecular complexity index is 616. The number of hydrogen-bond donors (Lipinski definition) is 0. The number of ether oxygens (including phenoxy) is 3. The van der Waals surface area contributed by atoms with Crippen LogP contribution in [0.25, 0.3) is 0 Å². The molecule has 2 saturated carbocycles. The Labute approximate surface area is 154 Å². The molecule has 6 heteroatoms. The van der Waals surface area contributed by atoms with E-state index in [9.17, 15) is 14.4 Å². The van der Waals surface area contributed by atoms with Crippen molar-refractivity contribution in [1.82, 2.24) is 0 Å². The van der Waals surface area contributed by atoms with E-state index in [4.69, 9.17) is 14.2 Å². The van der Waals surface area contributed by atoms with E-state index in [-0.39, 0.29) is 23.9 Å². The molecule has 2 aliphatic carbocycles. The van der Waals surface area contributed by atoms with E-state index in [2.05, 4.69) is 20.4 Å². The highest BCUT2D eigenvalue weighted by Gasteiger charge is 2.54. The van der Waals surface area contributed by atoms with Crippen molar-refractivity contribution in [3.05, 3.63) is 12.2 Å². The normalized spacial score (nSPS) is 32.2. The van der Waals surface area contributed by atoms with E-state index >= 15 is 0 Å². The van der Waals surface area contributed by atoms with Gasteiger partial charge in [-0.1, -0.05) is 20.4 Å². The third kappa shape index (κ3) is 3.38. The van der Waals surface area contributed by atoms with Gasteiger partial charge in [0.25, 0.3) is 0 Å². The molecule has 0 aromatic carbocycles. The molecule has 1 heterocycles. The van der Waals surface area contributed by atoms with Crippen molar-refractivity contribution in [3.63, 3.8) is 0 Å². The molecule has 0 aromatic heterocycles. The van der Waals surface area contributed by atoms with Gasteiger partial charge in [0, 0.05) is 18.4 Å². The van der Waals surface area contributed by atoms with Gasteiger partial charge in [-0.15, -0.1) is 0 Å². The van der Waals surface area contributed by atoms with Crippen molar-refractivity contribution in [2.24, 2.45) is 17.8 Å². The highest BCUT2D eigenvalue weighted by atomic mass is 16.6. The summed E-state index contributed by atoms with van der Waals surface area (Å²) in [6, 6.07) is 0. The molecule has 0 spiro atoms. The molecule has 0 aromatic rings. The van der Waals surface area contributed by atoms with Gasteiger partial charge in [-0.05, 0) is 38.5 Å². The Kier molecular flexibility index (Phi) is 5.13. The molecule has 1 saturated heterocycles. The van der Waals surface area contributed by atoms with Crippen LogP contribution in [0.2, 0.25) is 0 Å². The molecule has 4 atom stereocenters. The van der Waals surface area contributed by atoms with Crippen LogP contribution in [0.3, 0.4) is 0 Å². The minimum Gasteiger partial charge on any atom is -0.459 e. The maximum absolute atomic E-state index is 13.0. The molecule has 6 nitrogen and oxygen atoms in total. The standard InChI is InChI=1S/C20H28O6/c1-11(2)17(21)24-15-10-14(13-9-16(15)25-18(13)22)19(23)26-20(12(3)4)7-5-6-8-20/h12-16H,1,5-10H2,2-4H3. The predicted octanol–water partition coefficient (Wildman–Crippen LogP) is 2.94. The van der Waals surface area contributed by atoms with Gasteiger partial charge >= 0.3 is 17.9 Å². The van der Waals surface area contributed by atoms with Gasteiger partial charge < -0.3 is 14.2 Å². The molecule has 0 amide bonds. The average Bonchev–Trinajstić information content (AvgIpc) is 3.16. The summed E-state index contributed by atoms with van der Waals surface area (Å²) in [5.41, 5.74) is -0.166. The predicted molar refractivity (Wildman–Crippen MR) is 92.9 cm³/mol. The van der Waals surface area contributed by atoms with Crippen molar-refractivity contribution in [1.29, 1.82) is 0 Å². The van der Waals surface area contributed by atoms with Crippen LogP contribution >= 0.6 is 0 Å². The molecule has 0 N–H and O–H groups in total. The lowest BCUT2D eigenvalue weighted by Crippen LogP contribution is -2.45. The monoisotopic (exact) mass is 364 g/mol. The van der Waals surface area contributed by atoms with Crippen LogP contribution in [0.15, 0.2) is 12.2 Å². The summed E-state index contributed by atoms with van der Waals surface area (Å²) in [5, 5.41) is 0. The lowest BCUT2D eigenvalue weighted by Gasteiger charge is -2.36. The zero-order chi connectivity index (χ0) is 19.1. The molecule has 0 radical (unpaired) electrons. The number of carbonyl (C=O) groups is 3. The lowest BCUT2D eigenvalue weighted by atomic mass is 9.78. The first-order valence-corrected chi connectivity index (χ1v) is 9.53. The first-order chi connectivity index (χ1) is 12.2. The van der Waals surface area contributed by atoms with E-state index in [1.165, 1.54) is 0 Å². The second-order valence-electron chi connectivity index (χ2n) is 8.23. The van der Waals surface area contributed by atoms with Crippen LogP contribution in [-0.4, -0.2) is 35.7 Å². The van der Waals surface area contributed by atoms with Gasteiger partial charge in [0.05, 0.1) is 11.8 Å². The second-order valence-corrected chi connectivity index (χ2v) is 8.23. The number of rotatable bonds is 5. The summed E-state index contributed by atoms with van der Waals surface area (Å²) in [7, 11) is 0. The Balaban J connectivity index is 1.75. The summed E-state index contributed by atoms with van der Waals surface area (Å²) in [6.07, 6.45) is 3.34. The van der Waals surface area contributed by atoms with Crippen molar-refractivity contribution >= 4 is 17.9 Å². The van der Waals surface area contributed by atoms with Crippen molar-refractivity contribution < 1.29 is 28.6 Å². The van der Waals surface area contributed by atoms with Crippen LogP contribution < -0.4 is 0 Å². The van der Waals surface area contributed by atoms with Gasteiger partial charge in [-0.25, -0.2) is 4.79 Å². The van der Waals surface area contributed by atoms with Gasteiger partial charge in [-0.3, -0.25) is 9.59 Å². The SMILES string of the molecule is C=C(C)C(=O)OC1CC(C(=O)OC2(C(C)C)CCCC2)C2CC1OC2=O. The van der Waals surface area contributed by atoms with E-state index < -0.39 is 41.6 Å². The molecule has 3 fully saturated rings. The largest absolute Gasteiger partial charge is 0.459 e. The summed E-state index contributed by atoms with van der Waals surface area (Å²) in [6.45, 7) is 9.27. The third-order valence-corrected chi connectivity index (χ3v) is 6.16. The molecule has 2 bridgehead atoms. The maximum atomic E-state index is 13.0. The van der Waals surface area contributed by atoms with Crippen LogP contribution in [-0.2, 0) is 28.6 Å². The minimum absolute atomic E-state index is 0.220. The number of esters is 3. The van der Waals surface area contributed by atoms with Crippen LogP contribution in [0, 0.1) is 17.8 Å². The van der Waals surface area contributed by atoms with E-state index in [0.717, 1.165) is 25.7 Å². The lowest BCUT2D eigenvalue weighted by molar-refractivity contribution is -0.176. The first-order valence-electron chi connectivity index (χ1n) is 9.53. The summed E-state index contributed by atoms with van der Waals surface area (Å²) >= 11 is 0. The fourth-order valence-electron chi connectivity index (χ4n) is 4.42. The molecule has 26 heavy (non-hydrogen) atoms. The molecule has 144 valence electrons. The number of hydrogen-bond acceptors (Lipinski definition) is 6. The smallest absolute Gasteiger partial charge is 0.333 e. The maximum Gasteiger partial charge on any atom is 0.333 e. The fraction of sp³-hybridized carbons (Fsp3) is 0.750. The minimum atomic E-state index is -0.627. The van der Waals surface area contributed by atoms with Crippen molar-refractivity contribution in [2.75, 3.05) is 0 Å². The molecular formula is C20H28O6. The summed E-state index contributed by atoms with van der Waals surface area (Å²) < 4.78 is 16.8. The van der Waals surface area contributed by atoms with E-state index in [1.807, 2.05) is 0 Å². The molecule has 3 aliphatic rings. The van der Waals surface area contributed by atoms with Gasteiger partial charge in [0.1, 0.15) is 17.8 Å². The Hall–Kier alpha value is -1.85. The Morgan fingerprint density at radius 3 is 2.46 bits per heavy atom. The Morgan fingerprint density at radius 2 is 1.88 bits per heavy atom. The first kappa shape index (κ1) is 18.9. The second kappa shape index (κ2) is 7.05. The van der Waals surface area contributed by atoms with Gasteiger partial charge in [0.2, 0.25) is 0 Å². The fourth-order valence-corrected chi connectivity index (χ4v) is 4.42. The zero-order valence-corrected chi connectivity index (χ0v) is 15.8. The molecule has 1 aliphatic heterocycles. The number of fused-ring (bicyclic) bond motifs is 2. The Morgan fingerprint density at radius 1 is 1.23 bits per heavy atom. The van der Waals surface area contributed by atoms with Gasteiger partial charge in [-0.2, -0.15) is 0 Å². The van der Waals surface area contributed by atoms with Crippen molar-refractivity contribution in [2.45, 2.75) is 77.1 Å². The third-order valence-electron chi connectivity index (χ3n) is 6.16. The molecular weight excluding hydrogens is 336 g/mol. The van der Waals surface area contributed by atoms with Crippen LogP contribution in [0.4, 0.5) is 0 Å². The van der Waals surface area contributed by atoms with Crippen LogP contribution in [0.1, 0.15) is 59.3 Å². The summed E-state index contributed by atoms with van der Waals surface area (Å²) in [5.74, 6) is -2.19. The van der Waals surface area contributed by atoms with Crippen LogP contribution in [0.5, 0.6) is 0 Å². The van der Waals surface area contributed by atoms with Crippen molar-refractivity contribution in [3.8, 4) is 0 Å². The van der Waals surface area contributed by atoms with Gasteiger partial charge in [0.15, 0.2) is 0 Å². The highest BCUT2D eigenvalue weighted by Crippen LogP contribution is 2.44. The highest BCUT2D eigenvalue weighted by molar-refractivity contribution is 5.88. The quantitative estimate of drug-likeness (QED) is 0.424. The topological polar surface area (TPSA) is 78.9 Å². The molecule has 4 unspecified atom stereocenters.